The van der Waals surface area contributed by atoms with Crippen LogP contribution in [0.4, 0.5) is 5.69 Å². The van der Waals surface area contributed by atoms with Gasteiger partial charge in [-0.1, -0.05) is 11.6 Å². The molecule has 1 aliphatic heterocycles. The van der Waals surface area contributed by atoms with Crippen molar-refractivity contribution < 1.29 is 9.53 Å². The summed E-state index contributed by atoms with van der Waals surface area (Å²) in [5.41, 5.74) is 1.33. The molecule has 0 radical (unpaired) electrons. The second kappa shape index (κ2) is 6.66. The summed E-state index contributed by atoms with van der Waals surface area (Å²) in [6, 6.07) is 7.03. The van der Waals surface area contributed by atoms with Gasteiger partial charge in [-0.3, -0.25) is 4.79 Å². The van der Waals surface area contributed by atoms with E-state index in [-0.39, 0.29) is 12.0 Å². The van der Waals surface area contributed by atoms with E-state index in [1.165, 1.54) is 11.3 Å². The molecule has 1 atom stereocenters. The Hall–Kier alpha value is -2.51. The second-order valence-corrected chi connectivity index (χ2v) is 7.40. The third kappa shape index (κ3) is 3.04. The molecule has 0 fully saturated rings. The Kier molecular flexibility index (Phi) is 4.34. The molecule has 0 saturated carbocycles. The summed E-state index contributed by atoms with van der Waals surface area (Å²) in [7, 11) is 0. The van der Waals surface area contributed by atoms with Crippen LogP contribution >= 0.6 is 22.9 Å². The Morgan fingerprint density at radius 1 is 1.35 bits per heavy atom. The van der Waals surface area contributed by atoms with Crippen molar-refractivity contribution in [1.29, 1.82) is 0 Å². The molecule has 1 amide bonds. The number of hydrogen-bond donors (Lipinski definition) is 0. The van der Waals surface area contributed by atoms with Crippen molar-refractivity contribution in [2.24, 2.45) is 0 Å². The van der Waals surface area contributed by atoms with Crippen molar-refractivity contribution in [3.63, 3.8) is 0 Å². The van der Waals surface area contributed by atoms with E-state index in [0.717, 1.165) is 0 Å². The highest BCUT2D eigenvalue weighted by Gasteiger charge is 2.31. The first kappa shape index (κ1) is 16.9. The first-order valence-corrected chi connectivity index (χ1v) is 9.25. The van der Waals surface area contributed by atoms with Crippen LogP contribution < -0.4 is 9.64 Å². The van der Waals surface area contributed by atoms with E-state index in [4.69, 9.17) is 16.3 Å². The van der Waals surface area contributed by atoms with Crippen LogP contribution in [0.15, 0.2) is 36.7 Å². The zero-order chi connectivity index (χ0) is 18.3. The molecule has 1 aliphatic rings. The summed E-state index contributed by atoms with van der Waals surface area (Å²) in [5, 5.41) is 1.18. The largest absolute Gasteiger partial charge is 0.487 e. The zero-order valence-corrected chi connectivity index (χ0v) is 15.7. The number of hydrogen-bond acceptors (Lipinski definition) is 6. The summed E-state index contributed by atoms with van der Waals surface area (Å²) in [5.74, 6) is 1.04. The fourth-order valence-corrected chi connectivity index (χ4v) is 3.96. The van der Waals surface area contributed by atoms with Crippen molar-refractivity contribution in [3.05, 3.63) is 52.3 Å². The van der Waals surface area contributed by atoms with E-state index in [2.05, 4.69) is 15.0 Å². The van der Waals surface area contributed by atoms with Crippen LogP contribution in [0.3, 0.4) is 0 Å². The lowest BCUT2D eigenvalue weighted by atomic mass is 10.2. The number of rotatable bonds is 2. The van der Waals surface area contributed by atoms with E-state index in [1.807, 2.05) is 13.8 Å². The molecule has 1 unspecified atom stereocenters. The van der Waals surface area contributed by atoms with Gasteiger partial charge < -0.3 is 9.64 Å². The van der Waals surface area contributed by atoms with Crippen LogP contribution in [0.2, 0.25) is 5.02 Å². The number of halogens is 1. The number of anilines is 1. The van der Waals surface area contributed by atoms with Gasteiger partial charge in [0, 0.05) is 17.4 Å². The Labute approximate surface area is 159 Å². The molecule has 0 aliphatic carbocycles. The van der Waals surface area contributed by atoms with Gasteiger partial charge in [-0.25, -0.2) is 15.0 Å². The van der Waals surface area contributed by atoms with Gasteiger partial charge in [0.15, 0.2) is 10.8 Å². The lowest BCUT2D eigenvalue weighted by Crippen LogP contribution is -2.42. The maximum absolute atomic E-state index is 13.2. The minimum absolute atomic E-state index is 0.113. The number of nitrogens with zero attached hydrogens (tertiary/aromatic N) is 4. The molecule has 4 rings (SSSR count). The normalized spacial score (nSPS) is 16.1. The predicted octanol–water partition coefficient (Wildman–Crippen LogP) is 3.99. The van der Waals surface area contributed by atoms with E-state index in [0.29, 0.717) is 44.4 Å². The van der Waals surface area contributed by atoms with Crippen LogP contribution in [0.5, 0.6) is 5.75 Å². The number of carbonyl (C=O) groups is 1. The average Bonchev–Trinajstić information content (AvgIpc) is 3.03. The maximum atomic E-state index is 13.2. The van der Waals surface area contributed by atoms with Gasteiger partial charge >= 0.3 is 0 Å². The van der Waals surface area contributed by atoms with E-state index in [1.54, 1.807) is 41.6 Å². The molecule has 0 spiro atoms. The zero-order valence-electron chi connectivity index (χ0n) is 14.1. The van der Waals surface area contributed by atoms with Crippen molar-refractivity contribution in [1.82, 2.24) is 15.0 Å². The molecule has 2 aromatic heterocycles. The lowest BCUT2D eigenvalue weighted by Gasteiger charge is -2.33. The average molecular weight is 387 g/mol. The molecule has 0 bridgehead atoms. The highest BCUT2D eigenvalue weighted by Crippen LogP contribution is 2.37. The third-order valence-electron chi connectivity index (χ3n) is 3.97. The van der Waals surface area contributed by atoms with Gasteiger partial charge in [-0.05, 0) is 38.1 Å². The molecular weight excluding hydrogens is 372 g/mol. The molecule has 8 heteroatoms. The van der Waals surface area contributed by atoms with Gasteiger partial charge in [-0.15, -0.1) is 11.3 Å². The first-order valence-electron chi connectivity index (χ1n) is 8.06. The van der Waals surface area contributed by atoms with Crippen molar-refractivity contribution >= 4 is 34.5 Å². The maximum Gasteiger partial charge on any atom is 0.270 e. The monoisotopic (exact) mass is 386 g/mol. The highest BCUT2D eigenvalue weighted by atomic mass is 35.5. The van der Waals surface area contributed by atoms with Gasteiger partial charge in [0.05, 0.1) is 17.9 Å². The van der Waals surface area contributed by atoms with Gasteiger partial charge in [0.25, 0.3) is 5.91 Å². The number of fused-ring (bicyclic) bond motifs is 1. The molecule has 0 N–H and O–H groups in total. The van der Waals surface area contributed by atoms with E-state index >= 15 is 0 Å². The molecule has 1 aromatic carbocycles. The van der Waals surface area contributed by atoms with Crippen LogP contribution in [-0.2, 0) is 0 Å². The number of aromatic nitrogens is 3. The minimum Gasteiger partial charge on any atom is -0.487 e. The van der Waals surface area contributed by atoms with E-state index < -0.39 is 0 Å². The van der Waals surface area contributed by atoms with Crippen LogP contribution in [-0.4, -0.2) is 33.5 Å². The van der Waals surface area contributed by atoms with Crippen molar-refractivity contribution in [2.45, 2.75) is 20.0 Å². The molecule has 132 valence electrons. The quantitative estimate of drug-likeness (QED) is 0.666. The number of carbonyl (C=O) groups excluding carboxylic acids is 1. The van der Waals surface area contributed by atoms with Gasteiger partial charge in [0.2, 0.25) is 0 Å². The van der Waals surface area contributed by atoms with Crippen molar-refractivity contribution in [3.8, 4) is 16.6 Å². The Bertz CT molecular complexity index is 977. The van der Waals surface area contributed by atoms with Crippen LogP contribution in [0.25, 0.3) is 10.8 Å². The van der Waals surface area contributed by atoms with Crippen LogP contribution in [0.1, 0.15) is 22.3 Å². The Morgan fingerprint density at radius 3 is 2.88 bits per heavy atom. The first-order chi connectivity index (χ1) is 12.5. The number of ether oxygens (including phenoxy) is 1. The smallest absolute Gasteiger partial charge is 0.270 e. The van der Waals surface area contributed by atoms with Gasteiger partial charge in [0.1, 0.15) is 16.7 Å². The fourth-order valence-electron chi connectivity index (χ4n) is 2.83. The topological polar surface area (TPSA) is 68.2 Å². The summed E-state index contributed by atoms with van der Waals surface area (Å²) in [4.78, 5) is 28.4. The summed E-state index contributed by atoms with van der Waals surface area (Å²) >= 11 is 7.42. The Morgan fingerprint density at radius 2 is 2.12 bits per heavy atom. The molecule has 3 aromatic rings. The lowest BCUT2D eigenvalue weighted by molar-refractivity contribution is 0.0964. The minimum atomic E-state index is -0.124. The summed E-state index contributed by atoms with van der Waals surface area (Å²) in [6.45, 7) is 4.19. The number of aryl methyl sites for hydroxylation is 1. The van der Waals surface area contributed by atoms with E-state index in [9.17, 15) is 4.79 Å². The molecular formula is C18H15ClN4O2S. The van der Waals surface area contributed by atoms with Gasteiger partial charge in [-0.2, -0.15) is 0 Å². The number of benzene rings is 1. The predicted molar refractivity (Wildman–Crippen MR) is 101 cm³/mol. The number of thiazole rings is 1. The molecule has 0 saturated heterocycles. The SMILES string of the molecule is Cc1nc(-c2ncccn2)sc1C(=O)N1CC(C)Oc2ccc(Cl)cc21. The standard InChI is InChI=1S/C18H15ClN4O2S/c1-10-9-23(13-8-12(19)4-5-14(13)25-10)18(24)15-11(2)22-17(26-15)16-20-6-3-7-21-16/h3-8,10H,9H2,1-2H3. The number of amides is 1. The molecule has 3 heterocycles. The fraction of sp³-hybridized carbons (Fsp3) is 0.222. The van der Waals surface area contributed by atoms with Crippen LogP contribution in [0, 0.1) is 6.92 Å². The molecule has 26 heavy (non-hydrogen) atoms. The molecule has 6 nitrogen and oxygen atoms in total. The highest BCUT2D eigenvalue weighted by molar-refractivity contribution is 7.17. The van der Waals surface area contributed by atoms with Crippen molar-refractivity contribution in [2.75, 3.05) is 11.4 Å². The third-order valence-corrected chi connectivity index (χ3v) is 5.35. The summed E-state index contributed by atoms with van der Waals surface area (Å²) < 4.78 is 5.82. The second-order valence-electron chi connectivity index (χ2n) is 5.96. The Balaban J connectivity index is 1.73. The summed E-state index contributed by atoms with van der Waals surface area (Å²) in [6.07, 6.45) is 3.20.